The van der Waals surface area contributed by atoms with Crippen molar-refractivity contribution in [2.75, 3.05) is 0 Å². The zero-order valence-electron chi connectivity index (χ0n) is 13.3. The molecule has 0 atom stereocenters. The second-order valence-electron chi connectivity index (χ2n) is 5.29. The molecule has 0 unspecified atom stereocenters. The van der Waals surface area contributed by atoms with E-state index in [1.54, 1.807) is 11.8 Å². The van der Waals surface area contributed by atoms with Gasteiger partial charge in [-0.15, -0.1) is 10.2 Å². The standard InChI is InChI=1S/C18H19N3OS/c1-14-8-6-7-11-16(14)22-12-17-19-20-18(21(17)2)23-13-15-9-4-3-5-10-15/h3-11H,12-13H2,1-2H3. The van der Waals surface area contributed by atoms with Crippen LogP contribution in [0.1, 0.15) is 17.0 Å². The lowest BCUT2D eigenvalue weighted by atomic mass is 10.2. The third kappa shape index (κ3) is 3.93. The Morgan fingerprint density at radius 3 is 2.52 bits per heavy atom. The summed E-state index contributed by atoms with van der Waals surface area (Å²) in [5.41, 5.74) is 2.39. The average Bonchev–Trinajstić information content (AvgIpc) is 2.93. The minimum Gasteiger partial charge on any atom is -0.485 e. The van der Waals surface area contributed by atoms with Gasteiger partial charge in [0.1, 0.15) is 12.4 Å². The van der Waals surface area contributed by atoms with E-state index in [-0.39, 0.29) is 0 Å². The lowest BCUT2D eigenvalue weighted by Crippen LogP contribution is -2.04. The van der Waals surface area contributed by atoms with E-state index in [9.17, 15) is 0 Å². The zero-order chi connectivity index (χ0) is 16.1. The number of ether oxygens (including phenoxy) is 1. The van der Waals surface area contributed by atoms with Crippen molar-refractivity contribution >= 4 is 11.8 Å². The number of para-hydroxylation sites is 1. The fourth-order valence-corrected chi connectivity index (χ4v) is 3.07. The molecular formula is C18H19N3OS. The van der Waals surface area contributed by atoms with Crippen LogP contribution < -0.4 is 4.74 Å². The molecule has 0 aliphatic carbocycles. The Bertz CT molecular complexity index is 771. The molecule has 2 aromatic carbocycles. The van der Waals surface area contributed by atoms with Crippen LogP contribution in [0.2, 0.25) is 0 Å². The van der Waals surface area contributed by atoms with Crippen molar-refractivity contribution in [2.24, 2.45) is 7.05 Å². The molecule has 0 amide bonds. The summed E-state index contributed by atoms with van der Waals surface area (Å²) in [7, 11) is 1.98. The zero-order valence-corrected chi connectivity index (χ0v) is 14.1. The van der Waals surface area contributed by atoms with Crippen LogP contribution in [0.5, 0.6) is 5.75 Å². The van der Waals surface area contributed by atoms with Gasteiger partial charge in [-0.25, -0.2) is 0 Å². The van der Waals surface area contributed by atoms with Crippen molar-refractivity contribution in [1.82, 2.24) is 14.8 Å². The fourth-order valence-electron chi connectivity index (χ4n) is 2.18. The Morgan fingerprint density at radius 1 is 1.00 bits per heavy atom. The van der Waals surface area contributed by atoms with E-state index in [0.29, 0.717) is 6.61 Å². The van der Waals surface area contributed by atoms with Crippen LogP contribution in [0.25, 0.3) is 0 Å². The Kier molecular flexibility index (Phi) is 4.98. The van der Waals surface area contributed by atoms with Crippen LogP contribution in [-0.4, -0.2) is 14.8 Å². The van der Waals surface area contributed by atoms with Crippen molar-refractivity contribution in [3.63, 3.8) is 0 Å². The molecule has 23 heavy (non-hydrogen) atoms. The molecule has 0 fully saturated rings. The van der Waals surface area contributed by atoms with Gasteiger partial charge in [-0.2, -0.15) is 0 Å². The topological polar surface area (TPSA) is 39.9 Å². The summed E-state index contributed by atoms with van der Waals surface area (Å²) in [6.45, 7) is 2.45. The van der Waals surface area contributed by atoms with Gasteiger partial charge >= 0.3 is 0 Å². The summed E-state index contributed by atoms with van der Waals surface area (Å²) in [5, 5.41) is 9.40. The van der Waals surface area contributed by atoms with Crippen LogP contribution in [0.3, 0.4) is 0 Å². The average molecular weight is 325 g/mol. The summed E-state index contributed by atoms with van der Waals surface area (Å²) in [6.07, 6.45) is 0. The van der Waals surface area contributed by atoms with Gasteiger partial charge in [0, 0.05) is 12.8 Å². The van der Waals surface area contributed by atoms with Gasteiger partial charge in [0.15, 0.2) is 11.0 Å². The number of aryl methyl sites for hydroxylation is 1. The number of benzene rings is 2. The minimum atomic E-state index is 0.417. The van der Waals surface area contributed by atoms with Gasteiger partial charge < -0.3 is 9.30 Å². The van der Waals surface area contributed by atoms with Crippen molar-refractivity contribution in [3.8, 4) is 5.75 Å². The van der Waals surface area contributed by atoms with Crippen molar-refractivity contribution in [3.05, 3.63) is 71.5 Å². The molecule has 0 radical (unpaired) electrons. The quantitative estimate of drug-likeness (QED) is 0.642. The van der Waals surface area contributed by atoms with Crippen LogP contribution >= 0.6 is 11.8 Å². The highest BCUT2D eigenvalue weighted by Crippen LogP contribution is 2.22. The molecule has 0 aliphatic heterocycles. The summed E-state index contributed by atoms with van der Waals surface area (Å²) in [4.78, 5) is 0. The van der Waals surface area contributed by atoms with Gasteiger partial charge in [0.25, 0.3) is 0 Å². The molecule has 0 saturated heterocycles. The van der Waals surface area contributed by atoms with Crippen LogP contribution in [0.4, 0.5) is 0 Å². The monoisotopic (exact) mass is 325 g/mol. The van der Waals surface area contributed by atoms with E-state index in [0.717, 1.165) is 28.0 Å². The molecule has 1 aromatic heterocycles. The van der Waals surface area contributed by atoms with E-state index >= 15 is 0 Å². The summed E-state index contributed by atoms with van der Waals surface area (Å²) in [6, 6.07) is 18.3. The van der Waals surface area contributed by atoms with Crippen LogP contribution in [0.15, 0.2) is 59.8 Å². The van der Waals surface area contributed by atoms with Crippen LogP contribution in [-0.2, 0) is 19.4 Å². The summed E-state index contributed by atoms with van der Waals surface area (Å²) >= 11 is 1.68. The number of aromatic nitrogens is 3. The number of hydrogen-bond acceptors (Lipinski definition) is 4. The Labute approximate surface area is 140 Å². The van der Waals surface area contributed by atoms with Gasteiger partial charge in [0.2, 0.25) is 0 Å². The lowest BCUT2D eigenvalue weighted by Gasteiger charge is -2.08. The largest absolute Gasteiger partial charge is 0.485 e. The number of rotatable bonds is 6. The maximum atomic E-state index is 5.85. The van der Waals surface area contributed by atoms with Crippen molar-refractivity contribution in [1.29, 1.82) is 0 Å². The number of thioether (sulfide) groups is 1. The Morgan fingerprint density at radius 2 is 1.74 bits per heavy atom. The SMILES string of the molecule is Cc1ccccc1OCc1nnc(SCc2ccccc2)n1C. The van der Waals surface area contributed by atoms with Gasteiger partial charge in [-0.3, -0.25) is 0 Å². The molecule has 3 aromatic rings. The highest BCUT2D eigenvalue weighted by Gasteiger charge is 2.10. The van der Waals surface area contributed by atoms with E-state index in [1.807, 2.05) is 61.0 Å². The van der Waals surface area contributed by atoms with Crippen molar-refractivity contribution in [2.45, 2.75) is 24.4 Å². The number of hydrogen-bond donors (Lipinski definition) is 0. The molecule has 0 aliphatic rings. The molecule has 0 N–H and O–H groups in total. The molecule has 0 bridgehead atoms. The van der Waals surface area contributed by atoms with Crippen LogP contribution in [0, 0.1) is 6.92 Å². The van der Waals surface area contributed by atoms with Crippen molar-refractivity contribution < 1.29 is 4.74 Å². The third-order valence-electron chi connectivity index (χ3n) is 3.59. The predicted octanol–water partition coefficient (Wildman–Crippen LogP) is 3.99. The molecule has 5 heteroatoms. The van der Waals surface area contributed by atoms with E-state index in [1.165, 1.54) is 5.56 Å². The predicted molar refractivity (Wildman–Crippen MR) is 92.5 cm³/mol. The molecule has 1 heterocycles. The smallest absolute Gasteiger partial charge is 0.191 e. The molecule has 0 spiro atoms. The second-order valence-corrected chi connectivity index (χ2v) is 6.23. The third-order valence-corrected chi connectivity index (χ3v) is 4.68. The fraction of sp³-hybridized carbons (Fsp3) is 0.222. The van der Waals surface area contributed by atoms with Gasteiger partial charge in [-0.1, -0.05) is 60.3 Å². The number of nitrogens with zero attached hydrogens (tertiary/aromatic N) is 3. The molecule has 4 nitrogen and oxygen atoms in total. The summed E-state index contributed by atoms with van der Waals surface area (Å²) in [5.74, 6) is 2.59. The Hall–Kier alpha value is -2.27. The first kappa shape index (κ1) is 15.6. The molecule has 118 valence electrons. The van der Waals surface area contributed by atoms with E-state index in [4.69, 9.17) is 4.74 Å². The van der Waals surface area contributed by atoms with Gasteiger partial charge in [-0.05, 0) is 24.1 Å². The highest BCUT2D eigenvalue weighted by molar-refractivity contribution is 7.98. The first-order chi connectivity index (χ1) is 11.2. The Balaban J connectivity index is 1.62. The maximum Gasteiger partial charge on any atom is 0.191 e. The normalized spacial score (nSPS) is 10.7. The van der Waals surface area contributed by atoms with E-state index < -0.39 is 0 Å². The second kappa shape index (κ2) is 7.33. The maximum absolute atomic E-state index is 5.85. The molecular weight excluding hydrogens is 306 g/mol. The first-order valence-corrected chi connectivity index (χ1v) is 8.46. The lowest BCUT2D eigenvalue weighted by molar-refractivity contribution is 0.288. The summed E-state index contributed by atoms with van der Waals surface area (Å²) < 4.78 is 7.84. The minimum absolute atomic E-state index is 0.417. The first-order valence-electron chi connectivity index (χ1n) is 7.47. The highest BCUT2D eigenvalue weighted by atomic mass is 32.2. The molecule has 0 saturated carbocycles. The van der Waals surface area contributed by atoms with E-state index in [2.05, 4.69) is 22.3 Å². The van der Waals surface area contributed by atoms with Gasteiger partial charge in [0.05, 0.1) is 0 Å². The molecule has 3 rings (SSSR count).